The van der Waals surface area contributed by atoms with Crippen molar-refractivity contribution in [3.63, 3.8) is 0 Å². The molecule has 1 aliphatic rings. The second-order valence-corrected chi connectivity index (χ2v) is 6.68. The first-order valence-corrected chi connectivity index (χ1v) is 8.32. The van der Waals surface area contributed by atoms with Crippen molar-refractivity contribution in [2.24, 2.45) is 0 Å². The van der Waals surface area contributed by atoms with Crippen LogP contribution < -0.4 is 9.64 Å². The van der Waals surface area contributed by atoms with Crippen molar-refractivity contribution in [3.8, 4) is 5.75 Å². The van der Waals surface area contributed by atoms with Gasteiger partial charge in [-0.05, 0) is 23.8 Å². The highest BCUT2D eigenvalue weighted by molar-refractivity contribution is 8.27. The molecule has 4 nitrogen and oxygen atoms in total. The lowest BCUT2D eigenvalue weighted by Gasteiger charge is -2.15. The summed E-state index contributed by atoms with van der Waals surface area (Å²) in [7, 11) is 1.58. The van der Waals surface area contributed by atoms with E-state index in [1.54, 1.807) is 43.5 Å². The molecule has 1 amide bonds. The summed E-state index contributed by atoms with van der Waals surface area (Å²) in [4.78, 5) is 25.4. The lowest BCUT2D eigenvalue weighted by molar-refractivity contribution is -0.113. The number of thioether (sulfide) groups is 1. The van der Waals surface area contributed by atoms with Gasteiger partial charge in [0, 0.05) is 11.6 Å². The monoisotopic (exact) mass is 355 g/mol. The SMILES string of the molecule is COc1cccc(N2C(=O)/C(=C\c3ccc(C=O)cc3)SC2=S)c1. The van der Waals surface area contributed by atoms with Crippen molar-refractivity contribution in [1.82, 2.24) is 0 Å². The molecule has 0 bridgehead atoms. The number of anilines is 1. The maximum absolute atomic E-state index is 12.7. The molecule has 3 rings (SSSR count). The fourth-order valence-corrected chi connectivity index (χ4v) is 3.56. The van der Waals surface area contributed by atoms with E-state index in [0.717, 1.165) is 11.8 Å². The average Bonchev–Trinajstić information content (AvgIpc) is 2.89. The third-order valence-electron chi connectivity index (χ3n) is 3.48. The zero-order chi connectivity index (χ0) is 17.1. The Morgan fingerprint density at radius 1 is 1.12 bits per heavy atom. The number of nitrogens with zero attached hydrogens (tertiary/aromatic N) is 1. The molecule has 0 atom stereocenters. The van der Waals surface area contributed by atoms with Crippen LogP contribution in [0.5, 0.6) is 5.75 Å². The molecule has 0 saturated carbocycles. The normalized spacial score (nSPS) is 15.9. The quantitative estimate of drug-likeness (QED) is 0.473. The van der Waals surface area contributed by atoms with Crippen molar-refractivity contribution >= 4 is 52.3 Å². The summed E-state index contributed by atoms with van der Waals surface area (Å²) in [6.07, 6.45) is 2.56. The lowest BCUT2D eigenvalue weighted by Crippen LogP contribution is -2.27. The Bertz CT molecular complexity index is 844. The summed E-state index contributed by atoms with van der Waals surface area (Å²) < 4.78 is 5.67. The Morgan fingerprint density at radius 2 is 1.83 bits per heavy atom. The summed E-state index contributed by atoms with van der Waals surface area (Å²) in [5.41, 5.74) is 2.11. The van der Waals surface area contributed by atoms with Crippen molar-refractivity contribution in [1.29, 1.82) is 0 Å². The number of ether oxygens (including phenoxy) is 1. The molecule has 2 aromatic carbocycles. The predicted molar refractivity (Wildman–Crippen MR) is 100 cm³/mol. The third-order valence-corrected chi connectivity index (χ3v) is 4.78. The fraction of sp³-hybridized carbons (Fsp3) is 0.0556. The predicted octanol–water partition coefficient (Wildman–Crippen LogP) is 3.91. The highest BCUT2D eigenvalue weighted by atomic mass is 32.2. The Kier molecular flexibility index (Phi) is 4.78. The zero-order valence-corrected chi connectivity index (χ0v) is 14.4. The van der Waals surface area contributed by atoms with Crippen molar-refractivity contribution in [2.75, 3.05) is 12.0 Å². The summed E-state index contributed by atoms with van der Waals surface area (Å²) in [6.45, 7) is 0. The van der Waals surface area contributed by atoms with Gasteiger partial charge >= 0.3 is 0 Å². The molecule has 1 fully saturated rings. The number of methoxy groups -OCH3 is 1. The second kappa shape index (κ2) is 6.98. The molecule has 0 N–H and O–H groups in total. The van der Waals surface area contributed by atoms with Crippen LogP contribution in [0.4, 0.5) is 5.69 Å². The number of hydrogen-bond donors (Lipinski definition) is 0. The van der Waals surface area contributed by atoms with Crippen LogP contribution in [-0.2, 0) is 4.79 Å². The van der Waals surface area contributed by atoms with E-state index >= 15 is 0 Å². The van der Waals surface area contributed by atoms with Crippen LogP contribution in [0.3, 0.4) is 0 Å². The van der Waals surface area contributed by atoms with E-state index in [1.807, 2.05) is 18.2 Å². The fourth-order valence-electron chi connectivity index (χ4n) is 2.26. The average molecular weight is 355 g/mol. The Balaban J connectivity index is 1.90. The van der Waals surface area contributed by atoms with Gasteiger partial charge in [-0.1, -0.05) is 54.3 Å². The second-order valence-electron chi connectivity index (χ2n) is 5.00. The first-order chi connectivity index (χ1) is 11.6. The highest BCUT2D eigenvalue weighted by Gasteiger charge is 2.33. The molecule has 0 aromatic heterocycles. The number of amides is 1. The molecule has 1 heterocycles. The van der Waals surface area contributed by atoms with E-state index in [4.69, 9.17) is 17.0 Å². The Hall–Kier alpha value is -2.44. The van der Waals surface area contributed by atoms with Gasteiger partial charge in [-0.15, -0.1) is 0 Å². The van der Waals surface area contributed by atoms with Gasteiger partial charge in [-0.2, -0.15) is 0 Å². The molecule has 0 unspecified atom stereocenters. The van der Waals surface area contributed by atoms with Gasteiger partial charge in [-0.25, -0.2) is 0 Å². The summed E-state index contributed by atoms with van der Waals surface area (Å²) in [6, 6.07) is 14.2. The van der Waals surface area contributed by atoms with Gasteiger partial charge in [0.15, 0.2) is 4.32 Å². The highest BCUT2D eigenvalue weighted by Crippen LogP contribution is 2.36. The minimum Gasteiger partial charge on any atom is -0.497 e. The van der Waals surface area contributed by atoms with Crippen LogP contribution >= 0.6 is 24.0 Å². The van der Waals surface area contributed by atoms with Crippen LogP contribution in [-0.4, -0.2) is 23.6 Å². The molecule has 6 heteroatoms. The number of thiocarbonyl (C=S) groups is 1. The first-order valence-electron chi connectivity index (χ1n) is 7.09. The van der Waals surface area contributed by atoms with Crippen LogP contribution in [0.1, 0.15) is 15.9 Å². The van der Waals surface area contributed by atoms with E-state index in [-0.39, 0.29) is 5.91 Å². The number of rotatable bonds is 4. The van der Waals surface area contributed by atoms with E-state index in [2.05, 4.69) is 0 Å². The molecular weight excluding hydrogens is 342 g/mol. The Morgan fingerprint density at radius 3 is 2.50 bits per heavy atom. The molecule has 1 saturated heterocycles. The summed E-state index contributed by atoms with van der Waals surface area (Å²) in [5, 5.41) is 0. The molecule has 0 aliphatic carbocycles. The van der Waals surface area contributed by atoms with Crippen LogP contribution in [0.15, 0.2) is 53.4 Å². The topological polar surface area (TPSA) is 46.6 Å². The van der Waals surface area contributed by atoms with E-state index in [9.17, 15) is 9.59 Å². The number of carbonyl (C=O) groups is 2. The number of hydrogen-bond acceptors (Lipinski definition) is 5. The van der Waals surface area contributed by atoms with Crippen molar-refractivity contribution in [3.05, 3.63) is 64.6 Å². The van der Waals surface area contributed by atoms with Crippen molar-refractivity contribution < 1.29 is 14.3 Å². The first kappa shape index (κ1) is 16.4. The maximum atomic E-state index is 12.7. The number of carbonyl (C=O) groups excluding carboxylic acids is 2. The number of aldehydes is 1. The van der Waals surface area contributed by atoms with E-state index in [1.165, 1.54) is 16.7 Å². The van der Waals surface area contributed by atoms with Crippen LogP contribution in [0, 0.1) is 0 Å². The van der Waals surface area contributed by atoms with Gasteiger partial charge in [0.05, 0.1) is 17.7 Å². The van der Waals surface area contributed by atoms with E-state index in [0.29, 0.717) is 26.2 Å². The van der Waals surface area contributed by atoms with Crippen molar-refractivity contribution in [2.45, 2.75) is 0 Å². The van der Waals surface area contributed by atoms with Gasteiger partial charge in [0.1, 0.15) is 12.0 Å². The van der Waals surface area contributed by atoms with Crippen LogP contribution in [0.2, 0.25) is 0 Å². The van der Waals surface area contributed by atoms with Crippen LogP contribution in [0.25, 0.3) is 6.08 Å². The van der Waals surface area contributed by atoms with Gasteiger partial charge < -0.3 is 4.74 Å². The standard InChI is InChI=1S/C18H13NO3S2/c1-22-15-4-2-3-14(10-15)19-17(21)16(24-18(19)23)9-12-5-7-13(11-20)8-6-12/h2-11H,1H3/b16-9+. The largest absolute Gasteiger partial charge is 0.497 e. The van der Waals surface area contributed by atoms with E-state index < -0.39 is 0 Å². The minimum absolute atomic E-state index is 0.169. The molecule has 120 valence electrons. The molecule has 24 heavy (non-hydrogen) atoms. The smallest absolute Gasteiger partial charge is 0.270 e. The minimum atomic E-state index is -0.169. The molecule has 2 aromatic rings. The Labute approximate surface area is 149 Å². The lowest BCUT2D eigenvalue weighted by atomic mass is 10.1. The molecule has 0 radical (unpaired) electrons. The molecule has 1 aliphatic heterocycles. The van der Waals surface area contributed by atoms with Gasteiger partial charge in [-0.3, -0.25) is 14.5 Å². The summed E-state index contributed by atoms with van der Waals surface area (Å²) in [5.74, 6) is 0.493. The third kappa shape index (κ3) is 3.25. The number of benzene rings is 2. The van der Waals surface area contributed by atoms with Gasteiger partial charge in [0.25, 0.3) is 5.91 Å². The summed E-state index contributed by atoms with van der Waals surface area (Å²) >= 11 is 6.61. The van der Waals surface area contributed by atoms with Gasteiger partial charge in [0.2, 0.25) is 0 Å². The zero-order valence-electron chi connectivity index (χ0n) is 12.8. The molecular formula is C18H13NO3S2. The maximum Gasteiger partial charge on any atom is 0.270 e. The molecule has 0 spiro atoms.